The molecule has 17 atom stereocenters. The summed E-state index contributed by atoms with van der Waals surface area (Å²) in [4.78, 5) is 27.7. The molecule has 9 heteroatoms. The highest BCUT2D eigenvalue weighted by Gasteiger charge is 2.50. The van der Waals surface area contributed by atoms with E-state index < -0.39 is 8.32 Å². The molecule has 0 aromatic heterocycles. The van der Waals surface area contributed by atoms with Crippen LogP contribution in [-0.2, 0) is 37.7 Å². The molecule has 8 bridgehead atoms. The normalized spacial score (nSPS) is 43.2. The Bertz CT molecular complexity index is 1510. The van der Waals surface area contributed by atoms with Crippen LogP contribution in [0, 0.1) is 35.5 Å². The number of carbonyl (C=O) groups excluding carboxylic acids is 2. The van der Waals surface area contributed by atoms with E-state index >= 15 is 0 Å². The van der Waals surface area contributed by atoms with Crippen LogP contribution in [0.1, 0.15) is 146 Å². The highest BCUT2D eigenvalue weighted by atomic mass is 28.4. The van der Waals surface area contributed by atoms with E-state index in [0.29, 0.717) is 37.5 Å². The molecule has 0 radical (unpaired) electrons. The van der Waals surface area contributed by atoms with Crippen LogP contribution in [-0.4, -0.2) is 87.0 Å². The van der Waals surface area contributed by atoms with E-state index in [9.17, 15) is 9.59 Å². The minimum Gasteiger partial charge on any atom is -0.408 e. The molecule has 8 aliphatic rings. The van der Waals surface area contributed by atoms with Gasteiger partial charge < -0.3 is 28.1 Å². The lowest BCUT2D eigenvalue weighted by Crippen LogP contribution is -2.58. The van der Waals surface area contributed by atoms with E-state index in [4.69, 9.17) is 28.1 Å². The summed E-state index contributed by atoms with van der Waals surface area (Å²) in [6.07, 6.45) is 12.8. The fraction of sp³-hybridized carbons (Fsp3) is 0.840. The number of carbonyl (C=O) groups is 2. The molecule has 8 heterocycles. The van der Waals surface area contributed by atoms with E-state index in [-0.39, 0.29) is 107 Å². The molecule has 0 aromatic carbocycles. The first-order chi connectivity index (χ1) is 27.7. The van der Waals surface area contributed by atoms with Crippen molar-refractivity contribution in [3.05, 3.63) is 36.5 Å². The van der Waals surface area contributed by atoms with Crippen molar-refractivity contribution in [2.45, 2.75) is 231 Å². The van der Waals surface area contributed by atoms with Gasteiger partial charge in [-0.05, 0) is 122 Å². The van der Waals surface area contributed by atoms with Gasteiger partial charge in [0.25, 0.3) is 0 Å². The molecule has 0 aromatic rings. The average Bonchev–Trinajstić information content (AvgIpc) is 3.67. The summed E-state index contributed by atoms with van der Waals surface area (Å²) >= 11 is 0. The second kappa shape index (κ2) is 19.5. The minimum absolute atomic E-state index is 0.00479. The number of ether oxygens (including phenoxy) is 5. The predicted octanol–water partition coefficient (Wildman–Crippen LogP) is 10.9. The van der Waals surface area contributed by atoms with Crippen molar-refractivity contribution in [3.63, 3.8) is 0 Å². The van der Waals surface area contributed by atoms with Crippen molar-refractivity contribution >= 4 is 19.9 Å². The predicted molar refractivity (Wildman–Crippen MR) is 238 cm³/mol. The number of Topliss-reactive ketones (excluding diaryl/α,β-unsaturated/α-hetero) is 1. The van der Waals surface area contributed by atoms with E-state index in [1.54, 1.807) is 6.08 Å². The van der Waals surface area contributed by atoms with Crippen molar-refractivity contribution in [3.8, 4) is 0 Å². The molecule has 0 aliphatic carbocycles. The molecular weight excluding hydrogens is 757 g/mol. The Morgan fingerprint density at radius 2 is 1.46 bits per heavy atom. The Hall–Kier alpha value is -1.46. The Morgan fingerprint density at radius 3 is 2.17 bits per heavy atom. The van der Waals surface area contributed by atoms with Gasteiger partial charge in [0.2, 0.25) is 0 Å². The zero-order valence-corrected chi connectivity index (χ0v) is 39.8. The summed E-state index contributed by atoms with van der Waals surface area (Å²) in [5.41, 5.74) is 2.26. The molecule has 334 valence electrons. The standard InChI is InChI=1S/C50H82O8Si/c1-14-29(2)23-45-35(8)41-27-37(52)26-40-19-22-43-48(55-40)33(6)34(7)49(57-43)44(58-59(12,13)50(9,10)11)20-16-36(51)15-17-38-25-31(4)42(53-38)21-18-39-24-30(3)32(5)46(54-39)28-47(41)56-45/h16,20,29-30,33-35,38-49H,4-5,14-15,17-19,21-28H2,1-3,6-13H3/b20-16+/t29-,30-,33-,34+,35-,38+,39+,40?,41-,42?,43+,44+,45-,46?,47+,48-,49-/m1/s1. The van der Waals surface area contributed by atoms with Crippen LogP contribution < -0.4 is 0 Å². The van der Waals surface area contributed by atoms with Crippen molar-refractivity contribution in [2.75, 3.05) is 0 Å². The average molecular weight is 839 g/mol. The maximum atomic E-state index is 14.2. The first-order valence-electron chi connectivity index (χ1n) is 23.8. The summed E-state index contributed by atoms with van der Waals surface area (Å²) in [5.74, 6) is 1.96. The number of allylic oxidation sites excluding steroid dienone is 1. The van der Waals surface area contributed by atoms with Crippen LogP contribution in [0.2, 0.25) is 18.1 Å². The van der Waals surface area contributed by atoms with Crippen molar-refractivity contribution < 1.29 is 37.7 Å². The van der Waals surface area contributed by atoms with Gasteiger partial charge in [-0.3, -0.25) is 9.59 Å². The molecule has 3 unspecified atom stereocenters. The molecule has 5 fully saturated rings. The fourth-order valence-electron chi connectivity index (χ4n) is 10.7. The number of hydrogen-bond donors (Lipinski definition) is 0. The Balaban J connectivity index is 1.25. The number of fused-ring (bicyclic) bond motifs is 2. The summed E-state index contributed by atoms with van der Waals surface area (Å²) in [5, 5.41) is -0.00479. The Kier molecular flexibility index (Phi) is 15.6. The highest BCUT2D eigenvalue weighted by molar-refractivity contribution is 6.74. The molecular formula is C50H82O8Si. The van der Waals surface area contributed by atoms with Gasteiger partial charge in [-0.25, -0.2) is 0 Å². The molecule has 0 amide bonds. The molecule has 8 rings (SSSR count). The first kappa shape index (κ1) is 47.0. The minimum atomic E-state index is -2.23. The van der Waals surface area contributed by atoms with Crippen molar-refractivity contribution in [1.82, 2.24) is 0 Å². The lowest BCUT2D eigenvalue weighted by molar-refractivity contribution is -0.237. The molecule has 0 saturated carbocycles. The largest absolute Gasteiger partial charge is 0.408 e. The van der Waals surface area contributed by atoms with Gasteiger partial charge in [0.05, 0.1) is 67.1 Å². The smallest absolute Gasteiger partial charge is 0.193 e. The Labute approximate surface area is 359 Å². The second-order valence-corrected chi connectivity index (χ2v) is 26.4. The molecule has 8 nitrogen and oxygen atoms in total. The quantitative estimate of drug-likeness (QED) is 0.200. The van der Waals surface area contributed by atoms with Crippen LogP contribution in [0.3, 0.4) is 0 Å². The van der Waals surface area contributed by atoms with Gasteiger partial charge in [0, 0.05) is 25.7 Å². The lowest BCUT2D eigenvalue weighted by Gasteiger charge is -2.51. The second-order valence-electron chi connectivity index (χ2n) is 21.7. The topological polar surface area (TPSA) is 89.5 Å². The summed E-state index contributed by atoms with van der Waals surface area (Å²) in [6, 6.07) is 0. The van der Waals surface area contributed by atoms with Gasteiger partial charge in [-0.2, -0.15) is 0 Å². The first-order valence-corrected chi connectivity index (χ1v) is 26.7. The number of ketones is 2. The van der Waals surface area contributed by atoms with E-state index in [2.05, 4.69) is 88.6 Å². The van der Waals surface area contributed by atoms with Crippen LogP contribution >= 0.6 is 0 Å². The van der Waals surface area contributed by atoms with Crippen LogP contribution in [0.5, 0.6) is 0 Å². The van der Waals surface area contributed by atoms with Crippen molar-refractivity contribution in [1.29, 1.82) is 0 Å². The summed E-state index contributed by atoms with van der Waals surface area (Å²) in [7, 11) is -2.23. The third-order valence-electron chi connectivity index (χ3n) is 16.3. The molecule has 0 spiro atoms. The fourth-order valence-corrected chi connectivity index (χ4v) is 12.0. The monoisotopic (exact) mass is 839 g/mol. The van der Waals surface area contributed by atoms with E-state index in [1.165, 1.54) is 0 Å². The zero-order valence-electron chi connectivity index (χ0n) is 38.8. The van der Waals surface area contributed by atoms with Gasteiger partial charge in [-0.15, -0.1) is 0 Å². The van der Waals surface area contributed by atoms with Gasteiger partial charge in [0.15, 0.2) is 14.1 Å². The number of hydrogen-bond acceptors (Lipinski definition) is 8. The third-order valence-corrected chi connectivity index (χ3v) is 20.8. The third kappa shape index (κ3) is 11.2. The molecule has 8 aliphatic heterocycles. The van der Waals surface area contributed by atoms with Crippen LogP contribution in [0.15, 0.2) is 36.5 Å². The molecule has 59 heavy (non-hydrogen) atoms. The summed E-state index contributed by atoms with van der Waals surface area (Å²) < 4.78 is 41.4. The van der Waals surface area contributed by atoms with E-state index in [1.807, 2.05) is 6.08 Å². The molecule has 0 N–H and O–H groups in total. The Morgan fingerprint density at radius 1 is 0.780 bits per heavy atom. The maximum absolute atomic E-state index is 14.2. The maximum Gasteiger partial charge on any atom is 0.193 e. The number of rotatable bonds is 5. The van der Waals surface area contributed by atoms with Crippen LogP contribution in [0.25, 0.3) is 0 Å². The van der Waals surface area contributed by atoms with Gasteiger partial charge in [-0.1, -0.05) is 88.0 Å². The zero-order chi connectivity index (χ0) is 43.0. The molecule has 5 saturated heterocycles. The lowest BCUT2D eigenvalue weighted by atomic mass is 9.76. The summed E-state index contributed by atoms with van der Waals surface area (Å²) in [6.45, 7) is 33.9. The highest BCUT2D eigenvalue weighted by Crippen LogP contribution is 2.46. The van der Waals surface area contributed by atoms with Gasteiger partial charge >= 0.3 is 0 Å². The SMILES string of the molecule is C=C1C[C@@H]2CCC(=O)/C=C/[C@H](O[Si](C)(C)C(C)(C)C)[C@@H]3O[C@H]4CCC(CC(=O)C[C@@H]5[C@@H](C)[C@@H](C[C@H](C)CC)O[C@H]5CC5O[C@@H](CCC1O2)C[C@@H](C)C5=C)O[C@@H]4[C@H](C)[C@@H]3C. The van der Waals surface area contributed by atoms with Crippen molar-refractivity contribution in [2.24, 2.45) is 35.5 Å². The van der Waals surface area contributed by atoms with Gasteiger partial charge in [0.1, 0.15) is 5.78 Å². The van der Waals surface area contributed by atoms with E-state index in [0.717, 1.165) is 68.9 Å². The van der Waals surface area contributed by atoms with Crippen LogP contribution in [0.4, 0.5) is 0 Å².